The van der Waals surface area contributed by atoms with Crippen LogP contribution >= 0.6 is 11.8 Å². The van der Waals surface area contributed by atoms with Crippen LogP contribution in [0.15, 0.2) is 51.2 Å². The van der Waals surface area contributed by atoms with Crippen LogP contribution in [-0.4, -0.2) is 18.0 Å². The minimum absolute atomic E-state index is 0.412. The number of primary amides is 2. The van der Waals surface area contributed by atoms with Crippen molar-refractivity contribution in [3.8, 4) is 0 Å². The molecule has 0 spiro atoms. The minimum Gasteiger partial charge on any atom is -0.366 e. The predicted octanol–water partition coefficient (Wildman–Crippen LogP) is 2.10. The highest BCUT2D eigenvalue weighted by Gasteiger charge is 2.14. The molecule has 5 nitrogen and oxygen atoms in total. The Hall–Kier alpha value is -2.60. The van der Waals surface area contributed by atoms with E-state index in [2.05, 4.69) is 4.99 Å². The van der Waals surface area contributed by atoms with Gasteiger partial charge in [0.25, 0.3) is 0 Å². The van der Waals surface area contributed by atoms with Crippen LogP contribution in [0.5, 0.6) is 0 Å². The predicted molar refractivity (Wildman–Crippen MR) is 81.3 cm³/mol. The molecule has 0 aliphatic carbocycles. The Kier molecular flexibility index (Phi) is 3.23. The molecule has 0 saturated heterocycles. The molecule has 0 aromatic heterocycles. The highest BCUT2D eigenvalue weighted by molar-refractivity contribution is 7.99. The largest absolute Gasteiger partial charge is 0.366 e. The number of benzene rings is 2. The lowest BCUT2D eigenvalue weighted by Gasteiger charge is -2.06. The first kappa shape index (κ1) is 13.4. The number of amides is 2. The zero-order valence-corrected chi connectivity index (χ0v) is 11.7. The molecular weight excluding hydrogens is 286 g/mol. The molecule has 2 aromatic rings. The molecule has 1 aliphatic heterocycles. The maximum absolute atomic E-state index is 11.3. The molecule has 0 unspecified atom stereocenters. The third kappa shape index (κ3) is 2.53. The fraction of sp³-hybridized carbons (Fsp3) is 0. The summed E-state index contributed by atoms with van der Waals surface area (Å²) in [4.78, 5) is 28.6. The number of hydrogen-bond acceptors (Lipinski definition) is 4. The van der Waals surface area contributed by atoms with Crippen LogP contribution in [0.25, 0.3) is 0 Å². The van der Waals surface area contributed by atoms with Crippen molar-refractivity contribution in [2.75, 3.05) is 0 Å². The van der Waals surface area contributed by atoms with Crippen LogP contribution in [0.3, 0.4) is 0 Å². The van der Waals surface area contributed by atoms with E-state index in [0.717, 1.165) is 15.4 Å². The van der Waals surface area contributed by atoms with Gasteiger partial charge in [0.15, 0.2) is 0 Å². The van der Waals surface area contributed by atoms with Crippen LogP contribution in [0, 0.1) is 0 Å². The summed E-state index contributed by atoms with van der Waals surface area (Å²) in [5.74, 6) is -0.959. The van der Waals surface area contributed by atoms with Crippen LogP contribution in [0.2, 0.25) is 0 Å². The summed E-state index contributed by atoms with van der Waals surface area (Å²) in [6.45, 7) is 0. The highest BCUT2D eigenvalue weighted by Crippen LogP contribution is 2.39. The van der Waals surface area contributed by atoms with Gasteiger partial charge in [-0.1, -0.05) is 17.8 Å². The minimum atomic E-state index is -0.490. The number of nitrogens with two attached hydrogens (primary N) is 2. The SMILES string of the molecule is NC(=O)c1ccc2c(c1)N=Cc1ccc(C(N)=O)cc1S2. The van der Waals surface area contributed by atoms with Crippen LogP contribution in [-0.2, 0) is 0 Å². The van der Waals surface area contributed by atoms with E-state index in [-0.39, 0.29) is 0 Å². The second-order valence-corrected chi connectivity index (χ2v) is 5.61. The number of hydrogen-bond donors (Lipinski definition) is 2. The number of carbonyl (C=O) groups is 2. The summed E-state index contributed by atoms with van der Waals surface area (Å²) in [6.07, 6.45) is 1.70. The van der Waals surface area contributed by atoms with E-state index >= 15 is 0 Å². The molecule has 4 N–H and O–H groups in total. The molecule has 2 aromatic carbocycles. The van der Waals surface area contributed by atoms with Crippen LogP contribution < -0.4 is 11.5 Å². The molecule has 21 heavy (non-hydrogen) atoms. The smallest absolute Gasteiger partial charge is 0.248 e. The molecule has 2 amide bonds. The first-order chi connectivity index (χ1) is 10.0. The van der Waals surface area contributed by atoms with Crippen molar-refractivity contribution >= 4 is 35.5 Å². The van der Waals surface area contributed by atoms with Crippen LogP contribution in [0.4, 0.5) is 5.69 Å². The lowest BCUT2D eigenvalue weighted by molar-refractivity contribution is 0.0991. The maximum atomic E-state index is 11.3. The summed E-state index contributed by atoms with van der Waals surface area (Å²) in [7, 11) is 0. The summed E-state index contributed by atoms with van der Waals surface area (Å²) in [6, 6.07) is 10.3. The van der Waals surface area contributed by atoms with E-state index in [1.165, 1.54) is 11.8 Å². The van der Waals surface area contributed by atoms with E-state index in [9.17, 15) is 9.59 Å². The average molecular weight is 297 g/mol. The van der Waals surface area contributed by atoms with Gasteiger partial charge in [-0.25, -0.2) is 0 Å². The molecule has 0 saturated carbocycles. The number of nitrogens with zero attached hydrogens (tertiary/aromatic N) is 1. The van der Waals surface area contributed by atoms with Gasteiger partial charge in [-0.05, 0) is 30.3 Å². The van der Waals surface area contributed by atoms with Gasteiger partial charge < -0.3 is 11.5 Å². The van der Waals surface area contributed by atoms with Gasteiger partial charge in [0, 0.05) is 32.7 Å². The number of rotatable bonds is 2. The quantitative estimate of drug-likeness (QED) is 0.757. The number of carbonyl (C=O) groups excluding carboxylic acids is 2. The Morgan fingerprint density at radius 3 is 2.29 bits per heavy atom. The Balaban J connectivity index is 2.08. The van der Waals surface area contributed by atoms with Crippen molar-refractivity contribution in [2.45, 2.75) is 9.79 Å². The lowest BCUT2D eigenvalue weighted by atomic mass is 10.1. The Bertz CT molecular complexity index is 800. The molecule has 0 radical (unpaired) electrons. The summed E-state index contributed by atoms with van der Waals surface area (Å²) in [5, 5.41) is 0. The Morgan fingerprint density at radius 2 is 1.57 bits per heavy atom. The second kappa shape index (κ2) is 5.06. The standard InChI is InChI=1S/C15H11N3O2S/c16-14(19)8-3-4-12-11(5-8)18-7-10-2-1-9(15(17)20)6-13(10)21-12/h1-7H,(H2,16,19)(H2,17,20). The molecule has 0 atom stereocenters. The molecule has 0 bridgehead atoms. The van der Waals surface area contributed by atoms with Gasteiger partial charge >= 0.3 is 0 Å². The molecule has 3 rings (SSSR count). The van der Waals surface area contributed by atoms with Gasteiger partial charge in [0.2, 0.25) is 11.8 Å². The van der Waals surface area contributed by atoms with E-state index in [1.807, 2.05) is 0 Å². The first-order valence-electron chi connectivity index (χ1n) is 6.14. The zero-order valence-electron chi connectivity index (χ0n) is 10.9. The van der Waals surface area contributed by atoms with E-state index < -0.39 is 11.8 Å². The molecule has 0 fully saturated rings. The molecular formula is C15H11N3O2S. The normalized spacial score (nSPS) is 12.2. The molecule has 104 valence electrons. The zero-order chi connectivity index (χ0) is 15.0. The van der Waals surface area contributed by atoms with Crippen molar-refractivity contribution < 1.29 is 9.59 Å². The lowest BCUT2D eigenvalue weighted by Crippen LogP contribution is -2.11. The number of aliphatic imine (C=N–C) groups is 1. The summed E-state index contributed by atoms with van der Waals surface area (Å²) in [5.41, 5.74) is 13.0. The average Bonchev–Trinajstić information content (AvgIpc) is 2.64. The van der Waals surface area contributed by atoms with Crippen molar-refractivity contribution in [3.05, 3.63) is 53.1 Å². The monoisotopic (exact) mass is 297 g/mol. The van der Waals surface area contributed by atoms with Gasteiger partial charge in [-0.3, -0.25) is 14.6 Å². The van der Waals surface area contributed by atoms with E-state index in [4.69, 9.17) is 11.5 Å². The molecule has 1 aliphatic rings. The van der Waals surface area contributed by atoms with E-state index in [1.54, 1.807) is 42.6 Å². The second-order valence-electron chi connectivity index (χ2n) is 4.52. The first-order valence-corrected chi connectivity index (χ1v) is 6.96. The third-order valence-corrected chi connectivity index (χ3v) is 4.24. The topological polar surface area (TPSA) is 98.5 Å². The Morgan fingerprint density at radius 1 is 0.905 bits per heavy atom. The third-order valence-electron chi connectivity index (χ3n) is 3.10. The molecule has 6 heteroatoms. The highest BCUT2D eigenvalue weighted by atomic mass is 32.2. The van der Waals surface area contributed by atoms with Crippen molar-refractivity contribution in [3.63, 3.8) is 0 Å². The van der Waals surface area contributed by atoms with Gasteiger partial charge in [-0.2, -0.15) is 0 Å². The Labute approximate surface area is 125 Å². The van der Waals surface area contributed by atoms with Gasteiger partial charge in [0.1, 0.15) is 0 Å². The van der Waals surface area contributed by atoms with Crippen LogP contribution in [0.1, 0.15) is 26.3 Å². The number of fused-ring (bicyclic) bond motifs is 2. The van der Waals surface area contributed by atoms with Crippen molar-refractivity contribution in [1.29, 1.82) is 0 Å². The van der Waals surface area contributed by atoms with Crippen molar-refractivity contribution in [2.24, 2.45) is 16.5 Å². The summed E-state index contributed by atoms with van der Waals surface area (Å²) < 4.78 is 0. The van der Waals surface area contributed by atoms with Crippen molar-refractivity contribution in [1.82, 2.24) is 0 Å². The fourth-order valence-corrected chi connectivity index (χ4v) is 3.01. The van der Waals surface area contributed by atoms with Gasteiger partial charge in [0.05, 0.1) is 5.69 Å². The maximum Gasteiger partial charge on any atom is 0.248 e. The van der Waals surface area contributed by atoms with Gasteiger partial charge in [-0.15, -0.1) is 0 Å². The summed E-state index contributed by atoms with van der Waals surface area (Å²) >= 11 is 1.47. The van der Waals surface area contributed by atoms with E-state index in [0.29, 0.717) is 16.8 Å². The fourth-order valence-electron chi connectivity index (χ4n) is 2.00. The molecule has 1 heterocycles.